The average molecular weight is 588 g/mol. The first kappa shape index (κ1) is 28.8. The fourth-order valence-corrected chi connectivity index (χ4v) is 6.11. The summed E-state index contributed by atoms with van der Waals surface area (Å²) in [5, 5.41) is 6.15. The summed E-state index contributed by atoms with van der Waals surface area (Å²) >= 11 is 6.29. The lowest BCUT2D eigenvalue weighted by Crippen LogP contribution is -2.46. The van der Waals surface area contributed by atoms with Crippen LogP contribution in [0.15, 0.2) is 47.5 Å². The number of carbonyl (C=O) groups is 1. The molecule has 5 rings (SSSR count). The van der Waals surface area contributed by atoms with E-state index in [9.17, 15) is 13.2 Å². The van der Waals surface area contributed by atoms with E-state index in [0.29, 0.717) is 45.9 Å². The topological polar surface area (TPSA) is 125 Å². The van der Waals surface area contributed by atoms with Crippen molar-refractivity contribution in [2.75, 3.05) is 32.2 Å². The average Bonchev–Trinajstić information content (AvgIpc) is 3.15. The van der Waals surface area contributed by atoms with Gasteiger partial charge in [-0.1, -0.05) is 17.7 Å². The van der Waals surface area contributed by atoms with Crippen LogP contribution >= 0.6 is 11.6 Å². The second-order valence-corrected chi connectivity index (χ2v) is 13.3. The lowest BCUT2D eigenvalue weighted by atomic mass is 9.78. The van der Waals surface area contributed by atoms with Crippen molar-refractivity contribution in [2.24, 2.45) is 0 Å². The summed E-state index contributed by atoms with van der Waals surface area (Å²) in [6.07, 6.45) is 0. The summed E-state index contributed by atoms with van der Waals surface area (Å²) in [6.45, 7) is 8.65. The molecule has 2 N–H and O–H groups in total. The van der Waals surface area contributed by atoms with Crippen LogP contribution in [0.5, 0.6) is 0 Å². The molecule has 0 amide bonds. The first-order valence-corrected chi connectivity index (χ1v) is 14.7. The number of benzene rings is 2. The number of nitrogens with zero attached hydrogens (tertiary/aromatic N) is 1. The number of halogens is 1. The molecular formula is C27H31BClN3O7S. The van der Waals surface area contributed by atoms with E-state index in [4.69, 9.17) is 30.4 Å². The summed E-state index contributed by atoms with van der Waals surface area (Å²) < 4.78 is 49.7. The summed E-state index contributed by atoms with van der Waals surface area (Å²) in [5.74, 6) is -0.589. The fourth-order valence-electron chi connectivity index (χ4n) is 4.53. The van der Waals surface area contributed by atoms with Crippen LogP contribution in [-0.2, 0) is 28.6 Å². The molecule has 2 saturated heterocycles. The van der Waals surface area contributed by atoms with Gasteiger partial charge in [0, 0.05) is 17.0 Å². The van der Waals surface area contributed by atoms with Gasteiger partial charge in [0.15, 0.2) is 5.03 Å². The molecule has 212 valence electrons. The Bertz CT molecular complexity index is 1560. The van der Waals surface area contributed by atoms with E-state index < -0.39 is 39.5 Å². The van der Waals surface area contributed by atoms with Crippen LogP contribution in [0.1, 0.15) is 38.1 Å². The van der Waals surface area contributed by atoms with Gasteiger partial charge in [-0.05, 0) is 69.6 Å². The predicted molar refractivity (Wildman–Crippen MR) is 153 cm³/mol. The van der Waals surface area contributed by atoms with Crippen LogP contribution in [0.4, 0.5) is 11.4 Å². The zero-order valence-corrected chi connectivity index (χ0v) is 24.5. The van der Waals surface area contributed by atoms with Gasteiger partial charge >= 0.3 is 13.1 Å². The Kier molecular flexibility index (Phi) is 7.62. The molecule has 40 heavy (non-hydrogen) atoms. The monoisotopic (exact) mass is 587 g/mol. The molecular weight excluding hydrogens is 557 g/mol. The van der Waals surface area contributed by atoms with Crippen molar-refractivity contribution in [2.45, 2.75) is 49.3 Å². The third kappa shape index (κ3) is 5.31. The number of esters is 1. The Morgan fingerprint density at radius 3 is 2.48 bits per heavy atom. The maximum Gasteiger partial charge on any atom is 0.494 e. The van der Waals surface area contributed by atoms with Crippen LogP contribution in [-0.4, -0.2) is 69.9 Å². The number of morpholine rings is 1. The molecule has 2 fully saturated rings. The molecule has 13 heteroatoms. The standard InChI is InChI=1S/C27H31BClN3O7S/c1-26(2)27(3,4)39-28(38-26)16-6-8-21(19(12-16)25(33)36-5)31-22-14-23(32-20-9-7-17(29)13-18(20)22)40(34,35)24-15-37-11-10-30-24/h6-9,12-14,24,30H,10-11,15H2,1-5H3,(H,31,32). The van der Waals surface area contributed by atoms with Gasteiger partial charge in [-0.2, -0.15) is 0 Å². The van der Waals surface area contributed by atoms with E-state index in [1.807, 2.05) is 27.7 Å². The third-order valence-electron chi connectivity index (χ3n) is 7.54. The van der Waals surface area contributed by atoms with Gasteiger partial charge in [0.05, 0.1) is 54.0 Å². The van der Waals surface area contributed by atoms with Crippen molar-refractivity contribution >= 4 is 62.3 Å². The van der Waals surface area contributed by atoms with E-state index >= 15 is 0 Å². The Hall–Kier alpha value is -2.74. The number of carbonyl (C=O) groups excluding carboxylic acids is 1. The van der Waals surface area contributed by atoms with Gasteiger partial charge in [0.2, 0.25) is 9.84 Å². The number of aromatic nitrogens is 1. The van der Waals surface area contributed by atoms with Gasteiger partial charge in [-0.3, -0.25) is 5.32 Å². The maximum atomic E-state index is 13.5. The quantitative estimate of drug-likeness (QED) is 0.327. The smallest absolute Gasteiger partial charge is 0.465 e. The number of pyridine rings is 1. The second kappa shape index (κ2) is 10.6. The molecule has 3 heterocycles. The molecule has 0 bridgehead atoms. The number of sulfone groups is 1. The number of methoxy groups -OCH3 is 1. The van der Waals surface area contributed by atoms with E-state index in [-0.39, 0.29) is 17.2 Å². The molecule has 3 aromatic rings. The highest BCUT2D eigenvalue weighted by Gasteiger charge is 2.51. The Labute approximate surface area is 238 Å². The minimum Gasteiger partial charge on any atom is -0.465 e. The second-order valence-electron chi connectivity index (χ2n) is 10.7. The Morgan fingerprint density at radius 2 is 1.82 bits per heavy atom. The van der Waals surface area contributed by atoms with Crippen LogP contribution in [0, 0.1) is 0 Å². The van der Waals surface area contributed by atoms with Crippen LogP contribution in [0.3, 0.4) is 0 Å². The van der Waals surface area contributed by atoms with E-state index in [2.05, 4.69) is 15.6 Å². The highest BCUT2D eigenvalue weighted by Crippen LogP contribution is 2.37. The zero-order chi connectivity index (χ0) is 28.9. The van der Waals surface area contributed by atoms with Crippen molar-refractivity contribution in [3.63, 3.8) is 0 Å². The van der Waals surface area contributed by atoms with Crippen molar-refractivity contribution in [3.05, 3.63) is 53.1 Å². The predicted octanol–water partition coefficient (Wildman–Crippen LogP) is 3.44. The van der Waals surface area contributed by atoms with Crippen molar-refractivity contribution in [1.29, 1.82) is 0 Å². The number of rotatable bonds is 6. The SMILES string of the molecule is COC(=O)c1cc(B2OC(C)(C)C(C)(C)O2)ccc1Nc1cc(S(=O)(=O)C2COCCN2)nc2ccc(Cl)cc12. The lowest BCUT2D eigenvalue weighted by Gasteiger charge is -2.32. The molecule has 0 aliphatic carbocycles. The Balaban J connectivity index is 1.58. The molecule has 1 aromatic heterocycles. The molecule has 0 radical (unpaired) electrons. The van der Waals surface area contributed by atoms with Gasteiger partial charge in [0.1, 0.15) is 5.37 Å². The first-order valence-electron chi connectivity index (χ1n) is 12.8. The summed E-state index contributed by atoms with van der Waals surface area (Å²) in [6, 6.07) is 11.5. The highest BCUT2D eigenvalue weighted by molar-refractivity contribution is 7.92. The molecule has 2 aliphatic rings. The van der Waals surface area contributed by atoms with Crippen LogP contribution in [0.2, 0.25) is 5.02 Å². The van der Waals surface area contributed by atoms with Crippen LogP contribution < -0.4 is 16.1 Å². The lowest BCUT2D eigenvalue weighted by molar-refractivity contribution is 0.00578. The van der Waals surface area contributed by atoms with E-state index in [0.717, 1.165) is 0 Å². The van der Waals surface area contributed by atoms with E-state index in [1.54, 1.807) is 36.4 Å². The minimum absolute atomic E-state index is 0.0122. The number of hydrogen-bond donors (Lipinski definition) is 2. The van der Waals surface area contributed by atoms with Crippen molar-refractivity contribution in [1.82, 2.24) is 10.3 Å². The normalized spacial score (nSPS) is 20.4. The molecule has 2 aromatic carbocycles. The fraction of sp³-hybridized carbons (Fsp3) is 0.407. The molecule has 1 unspecified atom stereocenters. The highest BCUT2D eigenvalue weighted by atomic mass is 35.5. The van der Waals surface area contributed by atoms with Gasteiger partial charge in [-0.15, -0.1) is 0 Å². The van der Waals surface area contributed by atoms with Crippen molar-refractivity contribution < 1.29 is 32.0 Å². The zero-order valence-electron chi connectivity index (χ0n) is 22.9. The first-order chi connectivity index (χ1) is 18.8. The molecule has 10 nitrogen and oxygen atoms in total. The van der Waals surface area contributed by atoms with Crippen LogP contribution in [0.25, 0.3) is 10.9 Å². The molecule has 1 atom stereocenters. The number of ether oxygens (including phenoxy) is 2. The number of anilines is 2. The molecule has 0 spiro atoms. The number of hydrogen-bond acceptors (Lipinski definition) is 10. The van der Waals surface area contributed by atoms with Gasteiger partial charge < -0.3 is 24.1 Å². The largest absolute Gasteiger partial charge is 0.494 e. The number of fused-ring (bicyclic) bond motifs is 1. The van der Waals surface area contributed by atoms with E-state index in [1.165, 1.54) is 13.2 Å². The summed E-state index contributed by atoms with van der Waals surface area (Å²) in [4.78, 5) is 17.3. The summed E-state index contributed by atoms with van der Waals surface area (Å²) in [5.41, 5.74) is 0.939. The molecule has 0 saturated carbocycles. The molecule has 2 aliphatic heterocycles. The summed E-state index contributed by atoms with van der Waals surface area (Å²) in [7, 11) is -3.29. The Morgan fingerprint density at radius 1 is 1.10 bits per heavy atom. The minimum atomic E-state index is -3.89. The maximum absolute atomic E-state index is 13.5. The van der Waals surface area contributed by atoms with Crippen molar-refractivity contribution in [3.8, 4) is 0 Å². The third-order valence-corrected chi connectivity index (χ3v) is 9.62. The van der Waals surface area contributed by atoms with Gasteiger partial charge in [0.25, 0.3) is 0 Å². The van der Waals surface area contributed by atoms with Gasteiger partial charge in [-0.25, -0.2) is 18.2 Å². The number of nitrogens with one attached hydrogen (secondary N) is 2.